The van der Waals surface area contributed by atoms with E-state index in [0.717, 1.165) is 57.8 Å². The summed E-state index contributed by atoms with van der Waals surface area (Å²) in [5.74, 6) is -0.571. The third-order valence-corrected chi connectivity index (χ3v) is 9.63. The average molecular weight is 579 g/mol. The summed E-state index contributed by atoms with van der Waals surface area (Å²) in [4.78, 5) is 27.0. The van der Waals surface area contributed by atoms with E-state index in [1.165, 1.54) is 103 Å². The molecule has 0 heterocycles. The van der Waals surface area contributed by atoms with E-state index < -0.39 is 0 Å². The zero-order valence-electron chi connectivity index (χ0n) is 28.0. The van der Waals surface area contributed by atoms with Gasteiger partial charge in [-0.15, -0.1) is 0 Å². The van der Waals surface area contributed by atoms with E-state index in [4.69, 9.17) is 9.47 Å². The van der Waals surface area contributed by atoms with Crippen LogP contribution in [0.2, 0.25) is 0 Å². The van der Waals surface area contributed by atoms with Gasteiger partial charge in [0.1, 0.15) is 0 Å². The van der Waals surface area contributed by atoms with Crippen molar-refractivity contribution >= 4 is 11.9 Å². The molecule has 1 aliphatic rings. The molecule has 1 rings (SSSR count). The fraction of sp³-hybridized carbons (Fsp3) is 0.946. The van der Waals surface area contributed by atoms with Crippen molar-refractivity contribution in [1.82, 2.24) is 0 Å². The molecule has 0 saturated heterocycles. The van der Waals surface area contributed by atoms with Crippen LogP contribution in [0.3, 0.4) is 0 Å². The van der Waals surface area contributed by atoms with E-state index in [1.54, 1.807) is 0 Å². The molecule has 1 aliphatic carbocycles. The topological polar surface area (TPSA) is 52.6 Å². The lowest BCUT2D eigenvalue weighted by molar-refractivity contribution is -0.165. The van der Waals surface area contributed by atoms with Crippen LogP contribution >= 0.6 is 0 Å². The molecule has 4 atom stereocenters. The maximum absolute atomic E-state index is 13.5. The molecule has 242 valence electrons. The van der Waals surface area contributed by atoms with E-state index in [0.29, 0.717) is 13.2 Å². The zero-order valence-corrected chi connectivity index (χ0v) is 28.0. The predicted octanol–water partition coefficient (Wildman–Crippen LogP) is 11.4. The molecular weight excluding hydrogens is 508 g/mol. The number of hydrogen-bond acceptors (Lipinski definition) is 4. The summed E-state index contributed by atoms with van der Waals surface area (Å²) in [5, 5.41) is 0. The van der Waals surface area contributed by atoms with Crippen molar-refractivity contribution in [3.8, 4) is 0 Å². The number of ether oxygens (including phenoxy) is 2. The molecular formula is C37H70O4. The summed E-state index contributed by atoms with van der Waals surface area (Å²) >= 11 is 0. The molecule has 1 saturated carbocycles. The Hall–Kier alpha value is -1.06. The molecule has 0 amide bonds. The molecule has 0 aromatic heterocycles. The van der Waals surface area contributed by atoms with Crippen molar-refractivity contribution < 1.29 is 19.1 Å². The highest BCUT2D eigenvalue weighted by molar-refractivity contribution is 5.82. The monoisotopic (exact) mass is 579 g/mol. The Bertz CT molecular complexity index is 566. The van der Waals surface area contributed by atoms with Gasteiger partial charge in [0.05, 0.1) is 25.0 Å². The highest BCUT2D eigenvalue weighted by Gasteiger charge is 2.45. The molecule has 4 heteroatoms. The van der Waals surface area contributed by atoms with E-state index in [1.807, 2.05) is 0 Å². The number of unbranched alkanes of at least 4 members (excludes halogenated alkanes) is 18. The standard InChI is InChI=1S/C37H70O4/c1-5-9-11-13-15-17-19-21-23-25-30-40-36(38)34-32(7-3)28-27-29-33(8-4)35(34)37(39)41-31-26-24-22-20-18-16-14-12-10-6-2/h32-35H,5-31H2,1-4H3. The number of carbonyl (C=O) groups is 2. The molecule has 0 aliphatic heterocycles. The van der Waals surface area contributed by atoms with E-state index in [-0.39, 0.29) is 35.6 Å². The second kappa shape index (κ2) is 26.6. The van der Waals surface area contributed by atoms with Crippen molar-refractivity contribution in [3.05, 3.63) is 0 Å². The zero-order chi connectivity index (χ0) is 30.0. The normalized spacial score (nSPS) is 21.0. The van der Waals surface area contributed by atoms with Gasteiger partial charge in [0, 0.05) is 0 Å². The Kier molecular flexibility index (Phi) is 24.6. The smallest absolute Gasteiger partial charge is 0.310 e. The van der Waals surface area contributed by atoms with E-state index >= 15 is 0 Å². The summed E-state index contributed by atoms with van der Waals surface area (Å²) in [6.45, 7) is 9.81. The molecule has 0 aromatic carbocycles. The maximum Gasteiger partial charge on any atom is 0.310 e. The van der Waals surface area contributed by atoms with Gasteiger partial charge in [-0.25, -0.2) is 0 Å². The first-order chi connectivity index (χ1) is 20.1. The van der Waals surface area contributed by atoms with Gasteiger partial charge in [0.2, 0.25) is 0 Å². The molecule has 0 N–H and O–H groups in total. The van der Waals surface area contributed by atoms with Gasteiger partial charge in [-0.05, 0) is 37.5 Å². The van der Waals surface area contributed by atoms with Crippen molar-refractivity contribution in [2.24, 2.45) is 23.7 Å². The quantitative estimate of drug-likeness (QED) is 0.0582. The van der Waals surface area contributed by atoms with Crippen molar-refractivity contribution in [2.75, 3.05) is 13.2 Å². The van der Waals surface area contributed by atoms with Gasteiger partial charge in [-0.1, -0.05) is 163 Å². The van der Waals surface area contributed by atoms with Crippen molar-refractivity contribution in [2.45, 2.75) is 188 Å². The fourth-order valence-electron chi connectivity index (χ4n) is 6.90. The molecule has 4 unspecified atom stereocenters. The SMILES string of the molecule is CCCCCCCCCCCCOC(=O)C1C(CC)CCCC(CC)C1C(=O)OCCCCCCCCCCCC. The lowest BCUT2D eigenvalue weighted by atomic mass is 9.74. The van der Waals surface area contributed by atoms with Gasteiger partial charge in [0.15, 0.2) is 0 Å². The Morgan fingerprint density at radius 1 is 0.463 bits per heavy atom. The van der Waals surface area contributed by atoms with Crippen molar-refractivity contribution in [3.63, 3.8) is 0 Å². The second-order valence-electron chi connectivity index (χ2n) is 13.0. The van der Waals surface area contributed by atoms with Crippen LogP contribution in [0.5, 0.6) is 0 Å². The Balaban J connectivity index is 2.45. The summed E-state index contributed by atoms with van der Waals surface area (Å²) in [6, 6.07) is 0. The molecule has 41 heavy (non-hydrogen) atoms. The van der Waals surface area contributed by atoms with Crippen LogP contribution in [0.15, 0.2) is 0 Å². The molecule has 4 nitrogen and oxygen atoms in total. The first kappa shape index (κ1) is 38.0. The molecule has 0 radical (unpaired) electrons. The number of esters is 2. The van der Waals surface area contributed by atoms with E-state index in [9.17, 15) is 9.59 Å². The van der Waals surface area contributed by atoms with Crippen LogP contribution in [0, 0.1) is 23.7 Å². The van der Waals surface area contributed by atoms with Crippen molar-refractivity contribution in [1.29, 1.82) is 0 Å². The summed E-state index contributed by atoms with van der Waals surface area (Å²) in [6.07, 6.45) is 30.2. The van der Waals surface area contributed by atoms with Crippen LogP contribution in [-0.2, 0) is 19.1 Å². The van der Waals surface area contributed by atoms with Gasteiger partial charge >= 0.3 is 11.9 Å². The lowest BCUT2D eigenvalue weighted by Crippen LogP contribution is -2.40. The van der Waals surface area contributed by atoms with Crippen LogP contribution in [0.25, 0.3) is 0 Å². The molecule has 0 aromatic rings. The molecule has 0 spiro atoms. The number of rotatable bonds is 26. The van der Waals surface area contributed by atoms with Gasteiger partial charge < -0.3 is 9.47 Å². The third kappa shape index (κ3) is 17.6. The predicted molar refractivity (Wildman–Crippen MR) is 174 cm³/mol. The van der Waals surface area contributed by atoms with E-state index in [2.05, 4.69) is 27.7 Å². The minimum absolute atomic E-state index is 0.144. The minimum atomic E-state index is -0.351. The Morgan fingerprint density at radius 2 is 0.756 bits per heavy atom. The minimum Gasteiger partial charge on any atom is -0.465 e. The summed E-state index contributed by atoms with van der Waals surface area (Å²) in [5.41, 5.74) is 0. The van der Waals surface area contributed by atoms with Crippen LogP contribution in [-0.4, -0.2) is 25.2 Å². The average Bonchev–Trinajstić information content (AvgIpc) is 3.17. The first-order valence-electron chi connectivity index (χ1n) is 18.4. The molecule has 0 bridgehead atoms. The lowest BCUT2D eigenvalue weighted by Gasteiger charge is -2.31. The van der Waals surface area contributed by atoms with Crippen LogP contribution in [0.1, 0.15) is 188 Å². The fourth-order valence-corrected chi connectivity index (χ4v) is 6.90. The maximum atomic E-state index is 13.5. The summed E-state index contributed by atoms with van der Waals surface area (Å²) < 4.78 is 11.8. The number of hydrogen-bond donors (Lipinski definition) is 0. The highest BCUT2D eigenvalue weighted by atomic mass is 16.5. The van der Waals surface area contributed by atoms with Gasteiger partial charge in [0.25, 0.3) is 0 Å². The van der Waals surface area contributed by atoms with Crippen LogP contribution in [0.4, 0.5) is 0 Å². The van der Waals surface area contributed by atoms with Gasteiger partial charge in [-0.2, -0.15) is 0 Å². The summed E-state index contributed by atoms with van der Waals surface area (Å²) in [7, 11) is 0. The van der Waals surface area contributed by atoms with Gasteiger partial charge in [-0.3, -0.25) is 9.59 Å². The molecule has 1 fully saturated rings. The largest absolute Gasteiger partial charge is 0.465 e. The third-order valence-electron chi connectivity index (χ3n) is 9.63. The Morgan fingerprint density at radius 3 is 1.05 bits per heavy atom. The second-order valence-corrected chi connectivity index (χ2v) is 13.0. The number of carbonyl (C=O) groups excluding carboxylic acids is 2. The van der Waals surface area contributed by atoms with Crippen LogP contribution < -0.4 is 0 Å². The highest BCUT2D eigenvalue weighted by Crippen LogP contribution is 2.41. The Labute approximate surface area is 255 Å². The first-order valence-corrected chi connectivity index (χ1v) is 18.4.